The first kappa shape index (κ1) is 13.2. The van der Waals surface area contributed by atoms with Crippen molar-refractivity contribution in [3.05, 3.63) is 59.4 Å². The molecule has 0 bridgehead atoms. The minimum Gasteiger partial charge on any atom is -0.305 e. The summed E-state index contributed by atoms with van der Waals surface area (Å²) < 4.78 is 14.8. The number of pyridine rings is 2. The lowest BCUT2D eigenvalue weighted by Crippen LogP contribution is -2.16. The summed E-state index contributed by atoms with van der Waals surface area (Å²) in [4.78, 5) is 20.7. The first-order valence-corrected chi connectivity index (χ1v) is 6.43. The van der Waals surface area contributed by atoms with E-state index in [2.05, 4.69) is 15.3 Å². The fraction of sp³-hybridized carbons (Fsp3) is 0.133. The summed E-state index contributed by atoms with van der Waals surface area (Å²) >= 11 is 0. The second-order valence-corrected chi connectivity index (χ2v) is 4.79. The molecule has 0 aliphatic carbocycles. The van der Waals surface area contributed by atoms with E-state index in [4.69, 9.17) is 0 Å². The maximum atomic E-state index is 13.4. The van der Waals surface area contributed by atoms with E-state index in [9.17, 15) is 9.18 Å². The zero-order chi connectivity index (χ0) is 15.0. The monoisotopic (exact) mass is 284 g/mol. The van der Waals surface area contributed by atoms with Crippen LogP contribution in [0.25, 0.3) is 5.65 Å². The number of rotatable bonds is 2. The van der Waals surface area contributed by atoms with E-state index in [-0.39, 0.29) is 5.91 Å². The number of hydrogen-bond donors (Lipinski definition) is 1. The molecule has 0 unspecified atom stereocenters. The molecule has 1 amide bonds. The molecule has 0 aromatic carbocycles. The van der Waals surface area contributed by atoms with Gasteiger partial charge in [-0.3, -0.25) is 9.20 Å². The average Bonchev–Trinajstić information content (AvgIpc) is 2.74. The van der Waals surface area contributed by atoms with Crippen LogP contribution < -0.4 is 5.32 Å². The quantitative estimate of drug-likeness (QED) is 0.787. The minimum absolute atomic E-state index is 0.299. The third kappa shape index (κ3) is 2.47. The molecule has 3 rings (SSSR count). The standard InChI is InChI=1S/C15H13FN4O/c1-9-5-6-17-12(7-9)19-15(21)14-10(2)18-13-4-3-11(16)8-20(13)14/h3-8H,1-2H3,(H,17,19,21). The highest BCUT2D eigenvalue weighted by Crippen LogP contribution is 2.15. The van der Waals surface area contributed by atoms with Gasteiger partial charge in [-0.25, -0.2) is 14.4 Å². The van der Waals surface area contributed by atoms with E-state index in [0.29, 0.717) is 22.9 Å². The van der Waals surface area contributed by atoms with Crippen molar-refractivity contribution >= 4 is 17.4 Å². The summed E-state index contributed by atoms with van der Waals surface area (Å²) in [6, 6.07) is 6.44. The molecule has 0 atom stereocenters. The number of imidazole rings is 1. The van der Waals surface area contributed by atoms with Crippen LogP contribution >= 0.6 is 0 Å². The molecule has 0 aliphatic heterocycles. The largest absolute Gasteiger partial charge is 0.305 e. The van der Waals surface area contributed by atoms with Crippen LogP contribution in [0.4, 0.5) is 10.2 Å². The molecule has 106 valence electrons. The molecule has 0 fully saturated rings. The molecule has 3 heterocycles. The van der Waals surface area contributed by atoms with Crippen LogP contribution in [0.2, 0.25) is 0 Å². The summed E-state index contributed by atoms with van der Waals surface area (Å²) in [5, 5.41) is 2.70. The van der Waals surface area contributed by atoms with Crippen LogP contribution in [0, 0.1) is 19.7 Å². The SMILES string of the molecule is Cc1ccnc(NC(=O)c2c(C)nc3ccc(F)cn23)c1. The number of carbonyl (C=O) groups is 1. The van der Waals surface area contributed by atoms with Gasteiger partial charge >= 0.3 is 0 Å². The number of hydrogen-bond acceptors (Lipinski definition) is 3. The summed E-state index contributed by atoms with van der Waals surface area (Å²) in [6.07, 6.45) is 2.86. The number of carbonyl (C=O) groups excluding carboxylic acids is 1. The fourth-order valence-corrected chi connectivity index (χ4v) is 2.19. The summed E-state index contributed by atoms with van der Waals surface area (Å²) in [7, 11) is 0. The Bertz CT molecular complexity index is 841. The van der Waals surface area contributed by atoms with Gasteiger partial charge in [0, 0.05) is 12.4 Å². The maximum Gasteiger partial charge on any atom is 0.275 e. The normalized spacial score (nSPS) is 10.8. The lowest BCUT2D eigenvalue weighted by molar-refractivity contribution is 0.102. The minimum atomic E-state index is -0.428. The van der Waals surface area contributed by atoms with Gasteiger partial charge in [0.05, 0.1) is 5.69 Å². The summed E-state index contributed by atoms with van der Waals surface area (Å²) in [6.45, 7) is 3.62. The molecule has 0 saturated heterocycles. The van der Waals surface area contributed by atoms with Crippen molar-refractivity contribution in [3.8, 4) is 0 Å². The zero-order valence-electron chi connectivity index (χ0n) is 11.6. The molecular weight excluding hydrogens is 271 g/mol. The van der Waals surface area contributed by atoms with Gasteiger partial charge < -0.3 is 5.32 Å². The molecule has 3 aromatic heterocycles. The molecule has 0 aliphatic rings. The lowest BCUT2D eigenvalue weighted by atomic mass is 10.3. The highest BCUT2D eigenvalue weighted by molar-refractivity contribution is 6.04. The fourth-order valence-electron chi connectivity index (χ4n) is 2.19. The predicted octanol–water partition coefficient (Wildman–Crippen LogP) is 2.74. The van der Waals surface area contributed by atoms with Gasteiger partial charge in [-0.15, -0.1) is 0 Å². The van der Waals surface area contributed by atoms with Crippen molar-refractivity contribution in [2.24, 2.45) is 0 Å². The van der Waals surface area contributed by atoms with Gasteiger partial charge in [-0.05, 0) is 43.7 Å². The molecule has 0 saturated carbocycles. The molecule has 0 radical (unpaired) electrons. The number of fused-ring (bicyclic) bond motifs is 1. The van der Waals surface area contributed by atoms with Crippen LogP contribution in [0.3, 0.4) is 0 Å². The van der Waals surface area contributed by atoms with E-state index in [1.54, 1.807) is 19.2 Å². The molecule has 5 nitrogen and oxygen atoms in total. The van der Waals surface area contributed by atoms with Crippen LogP contribution in [0.15, 0.2) is 36.7 Å². The zero-order valence-corrected chi connectivity index (χ0v) is 11.6. The van der Waals surface area contributed by atoms with Gasteiger partial charge in [-0.1, -0.05) is 0 Å². The third-order valence-corrected chi connectivity index (χ3v) is 3.13. The highest BCUT2D eigenvalue weighted by atomic mass is 19.1. The van der Waals surface area contributed by atoms with Gasteiger partial charge in [0.1, 0.15) is 23.0 Å². The number of nitrogens with one attached hydrogen (secondary N) is 1. The Hall–Kier alpha value is -2.76. The Morgan fingerprint density at radius 2 is 2.10 bits per heavy atom. The first-order chi connectivity index (χ1) is 10.0. The predicted molar refractivity (Wildman–Crippen MR) is 76.8 cm³/mol. The Morgan fingerprint density at radius 3 is 2.86 bits per heavy atom. The number of halogens is 1. The summed E-state index contributed by atoms with van der Waals surface area (Å²) in [5.74, 6) is -0.350. The third-order valence-electron chi connectivity index (χ3n) is 3.13. The highest BCUT2D eigenvalue weighted by Gasteiger charge is 2.17. The maximum absolute atomic E-state index is 13.4. The summed E-state index contributed by atoms with van der Waals surface area (Å²) in [5.41, 5.74) is 2.34. The van der Waals surface area contributed by atoms with Crippen LogP contribution in [0.1, 0.15) is 21.7 Å². The second-order valence-electron chi connectivity index (χ2n) is 4.79. The van der Waals surface area contributed by atoms with E-state index < -0.39 is 5.82 Å². The van der Waals surface area contributed by atoms with Gasteiger partial charge in [0.25, 0.3) is 5.91 Å². The van der Waals surface area contributed by atoms with Crippen molar-refractivity contribution in [1.29, 1.82) is 0 Å². The Morgan fingerprint density at radius 1 is 1.29 bits per heavy atom. The molecule has 1 N–H and O–H groups in total. The van der Waals surface area contributed by atoms with E-state index in [1.165, 1.54) is 22.7 Å². The molecule has 0 spiro atoms. The first-order valence-electron chi connectivity index (χ1n) is 6.43. The number of amides is 1. The van der Waals surface area contributed by atoms with Crippen molar-refractivity contribution in [1.82, 2.24) is 14.4 Å². The van der Waals surface area contributed by atoms with Gasteiger partial charge in [0.2, 0.25) is 0 Å². The van der Waals surface area contributed by atoms with Crippen molar-refractivity contribution in [3.63, 3.8) is 0 Å². The van der Waals surface area contributed by atoms with Crippen LogP contribution in [-0.2, 0) is 0 Å². The number of aromatic nitrogens is 3. The average molecular weight is 284 g/mol. The Balaban J connectivity index is 2.01. The van der Waals surface area contributed by atoms with Crippen LogP contribution in [0.5, 0.6) is 0 Å². The van der Waals surface area contributed by atoms with Crippen molar-refractivity contribution in [2.75, 3.05) is 5.32 Å². The Kier molecular flexibility index (Phi) is 3.13. The molecule has 3 aromatic rings. The van der Waals surface area contributed by atoms with Gasteiger partial charge in [0.15, 0.2) is 0 Å². The molecular formula is C15H13FN4O. The second kappa shape index (κ2) is 4.97. The van der Waals surface area contributed by atoms with E-state index >= 15 is 0 Å². The topological polar surface area (TPSA) is 59.3 Å². The lowest BCUT2D eigenvalue weighted by Gasteiger charge is -2.06. The van der Waals surface area contributed by atoms with Gasteiger partial charge in [-0.2, -0.15) is 0 Å². The van der Waals surface area contributed by atoms with Crippen LogP contribution in [-0.4, -0.2) is 20.3 Å². The van der Waals surface area contributed by atoms with Crippen molar-refractivity contribution in [2.45, 2.75) is 13.8 Å². The number of anilines is 1. The number of nitrogens with zero attached hydrogens (tertiary/aromatic N) is 3. The van der Waals surface area contributed by atoms with E-state index in [0.717, 1.165) is 5.56 Å². The van der Waals surface area contributed by atoms with Crippen molar-refractivity contribution < 1.29 is 9.18 Å². The van der Waals surface area contributed by atoms with E-state index in [1.807, 2.05) is 13.0 Å². The molecule has 21 heavy (non-hydrogen) atoms. The smallest absolute Gasteiger partial charge is 0.275 e. The Labute approximate surface area is 120 Å². The molecule has 6 heteroatoms. The number of aryl methyl sites for hydroxylation is 2.